The Balaban J connectivity index is -0.000000378. The van der Waals surface area contributed by atoms with Crippen LogP contribution in [0.1, 0.15) is 215 Å². The zero-order valence-electron chi connectivity index (χ0n) is 34.7. The van der Waals surface area contributed by atoms with Crippen LogP contribution in [0, 0.1) is 0 Å². The van der Waals surface area contributed by atoms with Gasteiger partial charge in [-0.05, 0) is 64.2 Å². The average Bonchev–Trinajstić information content (AvgIpc) is 3.05. The van der Waals surface area contributed by atoms with Crippen molar-refractivity contribution in [1.29, 1.82) is 0 Å². The van der Waals surface area contributed by atoms with E-state index in [2.05, 4.69) is 55.5 Å². The lowest BCUT2D eigenvalue weighted by Crippen LogP contribution is -3.00. The first-order valence-corrected chi connectivity index (χ1v) is 22.7. The van der Waals surface area contributed by atoms with Crippen LogP contribution in [-0.4, -0.2) is 79.4 Å². The van der Waals surface area contributed by atoms with E-state index in [1.165, 1.54) is 222 Å². The maximum atomic E-state index is 8.63. The Hall–Kier alpha value is 0.0800. The van der Waals surface area contributed by atoms with Crippen molar-refractivity contribution in [2.75, 3.05) is 52.9 Å². The molecule has 0 bridgehead atoms. The van der Waals surface area contributed by atoms with Gasteiger partial charge in [-0.1, -0.05) is 151 Å². The summed E-state index contributed by atoms with van der Waals surface area (Å²) in [4.78, 5) is 0. The fourth-order valence-corrected chi connectivity index (χ4v) is 6.80. The summed E-state index contributed by atoms with van der Waals surface area (Å²) in [6.45, 7) is 26.2. The van der Waals surface area contributed by atoms with Crippen LogP contribution >= 0.6 is 0 Å². The molecule has 0 aliphatic rings. The van der Waals surface area contributed by atoms with Gasteiger partial charge in [0.25, 0.3) is 0 Å². The Morgan fingerprint density at radius 2 is 0.571 bits per heavy atom. The molecule has 0 unspecified atom stereocenters. The first-order valence-electron chi connectivity index (χ1n) is 21.3. The van der Waals surface area contributed by atoms with Crippen molar-refractivity contribution < 1.29 is 38.9 Å². The minimum absolute atomic E-state index is 0. The molecule has 8 heteroatoms. The molecule has 0 saturated heterocycles. The van der Waals surface area contributed by atoms with Gasteiger partial charge in [0.05, 0.1) is 52.9 Å². The summed E-state index contributed by atoms with van der Waals surface area (Å²) in [6, 6.07) is 0. The molecule has 0 radical (unpaired) electrons. The van der Waals surface area contributed by atoms with Gasteiger partial charge in [-0.2, -0.15) is 0 Å². The molecule has 0 saturated carbocycles. The van der Waals surface area contributed by atoms with Gasteiger partial charge in [0.2, 0.25) is 10.4 Å². The zero-order chi connectivity index (χ0) is 36.8. The molecule has 0 aromatic rings. The zero-order valence-corrected chi connectivity index (χ0v) is 36.3. The highest BCUT2D eigenvalue weighted by molar-refractivity contribution is 7.79. The molecular weight excluding hydrogens is 652 g/mol. The highest BCUT2D eigenvalue weighted by Gasteiger charge is 2.24. The van der Waals surface area contributed by atoms with E-state index in [9.17, 15) is 0 Å². The van der Waals surface area contributed by atoms with Gasteiger partial charge in [0.1, 0.15) is 0 Å². The van der Waals surface area contributed by atoms with Crippen LogP contribution in [0.4, 0.5) is 0 Å². The van der Waals surface area contributed by atoms with Crippen molar-refractivity contribution in [2.45, 2.75) is 215 Å². The largest absolute Gasteiger partial charge is 1.00 e. The molecule has 0 aliphatic heterocycles. The normalized spacial score (nSPS) is 11.7. The number of unbranched alkanes of at least 4 members (excludes halogenated alkanes) is 19. The fraction of sp³-hybridized carbons (Fsp3) is 1.00. The van der Waals surface area contributed by atoms with Crippen LogP contribution in [0.2, 0.25) is 0 Å². The number of halogens is 1. The third kappa shape index (κ3) is 46.1. The van der Waals surface area contributed by atoms with Crippen LogP contribution in [0.5, 0.6) is 0 Å². The highest BCUT2D eigenvalue weighted by Crippen LogP contribution is 2.18. The predicted octanol–water partition coefficient (Wildman–Crippen LogP) is 9.53. The highest BCUT2D eigenvalue weighted by atomic mass is 35.5. The first-order chi connectivity index (χ1) is 22.9. The third-order valence-corrected chi connectivity index (χ3v) is 10.1. The fourth-order valence-electron chi connectivity index (χ4n) is 6.80. The van der Waals surface area contributed by atoms with Crippen molar-refractivity contribution in [2.24, 2.45) is 0 Å². The second-order valence-corrected chi connectivity index (χ2v) is 16.0. The van der Waals surface area contributed by atoms with Crippen LogP contribution in [0.3, 0.4) is 0 Å². The summed E-state index contributed by atoms with van der Waals surface area (Å²) < 4.78 is 35.6. The minimum Gasteiger partial charge on any atom is -1.00 e. The second kappa shape index (κ2) is 40.8. The van der Waals surface area contributed by atoms with Crippen LogP contribution in [-0.2, 0) is 10.4 Å². The van der Waals surface area contributed by atoms with Gasteiger partial charge >= 0.3 is 0 Å². The minimum atomic E-state index is -4.92. The summed E-state index contributed by atoms with van der Waals surface area (Å²) in [6.07, 6.45) is 36.9. The van der Waals surface area contributed by atoms with E-state index in [-0.39, 0.29) is 12.4 Å². The molecule has 302 valence electrons. The maximum absolute atomic E-state index is 8.63. The van der Waals surface area contributed by atoms with Gasteiger partial charge in [0, 0.05) is 0 Å². The van der Waals surface area contributed by atoms with Gasteiger partial charge in [0.15, 0.2) is 0 Å². The molecule has 0 atom stereocenters. The summed E-state index contributed by atoms with van der Waals surface area (Å²) in [7, 11) is -2.36. The smallest absolute Gasteiger partial charge is 0.215 e. The van der Waals surface area contributed by atoms with E-state index in [1.54, 1.807) is 0 Å². The van der Waals surface area contributed by atoms with Gasteiger partial charge < -0.3 is 25.9 Å². The van der Waals surface area contributed by atoms with Gasteiger partial charge in [-0.25, -0.2) is 8.42 Å². The van der Waals surface area contributed by atoms with E-state index in [4.69, 9.17) is 17.5 Å². The number of nitrogens with zero attached hydrogens (tertiary/aromatic N) is 2. The maximum Gasteiger partial charge on any atom is 0.215 e. The van der Waals surface area contributed by atoms with Crippen molar-refractivity contribution >= 4 is 10.4 Å². The predicted molar refractivity (Wildman–Crippen MR) is 213 cm³/mol. The van der Waals surface area contributed by atoms with Crippen LogP contribution in [0.25, 0.3) is 0 Å². The van der Waals surface area contributed by atoms with E-state index >= 15 is 0 Å². The van der Waals surface area contributed by atoms with E-state index < -0.39 is 10.4 Å². The van der Waals surface area contributed by atoms with Crippen molar-refractivity contribution in [3.05, 3.63) is 0 Å². The third-order valence-electron chi connectivity index (χ3n) is 10.1. The molecule has 49 heavy (non-hydrogen) atoms. The Kier molecular flexibility index (Phi) is 46.5. The van der Waals surface area contributed by atoms with E-state index in [1.807, 2.05) is 0 Å². The van der Waals surface area contributed by atoms with E-state index in [0.717, 1.165) is 0 Å². The summed E-state index contributed by atoms with van der Waals surface area (Å²) in [5, 5.41) is 0. The van der Waals surface area contributed by atoms with Crippen molar-refractivity contribution in [3.63, 3.8) is 0 Å². The lowest BCUT2D eigenvalue weighted by molar-refractivity contribution is -0.929. The molecule has 1 N–H and O–H groups in total. The molecule has 0 amide bonds. The first kappa shape index (κ1) is 55.8. The number of rotatable bonds is 33. The Morgan fingerprint density at radius 1 is 0.388 bits per heavy atom. The Labute approximate surface area is 316 Å². The number of quaternary nitrogens is 2. The standard InChI is InChI=1S/C25H54N.C16H36N.ClH.H2O4S/c1-5-8-11-14-17-20-23-26(4,24-21-18-15-12-9-6-2)25-22-19-16-13-10-7-3;1-5-9-13-17(14-10-6-2,15-11-7-3)16-12-8-4;;1-5(2,3)4/h5-25H2,1-4H3;5-16H2,1-4H3;1H;(H2,1,2,3,4)/q2*+1;;/p-2. The summed E-state index contributed by atoms with van der Waals surface area (Å²) in [5.41, 5.74) is 0. The van der Waals surface area contributed by atoms with Crippen molar-refractivity contribution in [1.82, 2.24) is 0 Å². The quantitative estimate of drug-likeness (QED) is 0.0315. The lowest BCUT2D eigenvalue weighted by atomic mass is 10.1. The van der Waals surface area contributed by atoms with Crippen LogP contribution < -0.4 is 12.4 Å². The SMILES string of the molecule is CCCCCCCC[N+](C)(CCCCCCCC)CCCCCCCC.CCCC[N+](CCCC)(CCCC)CCCC.O=S(=O)([O-])O.[Cl-]. The number of hydrogen-bond acceptors (Lipinski definition) is 3. The molecule has 0 spiro atoms. The lowest BCUT2D eigenvalue weighted by Gasteiger charge is -2.39. The molecule has 0 aromatic heterocycles. The Bertz CT molecular complexity index is 638. The molecule has 0 heterocycles. The van der Waals surface area contributed by atoms with Crippen molar-refractivity contribution in [3.8, 4) is 0 Å². The summed E-state index contributed by atoms with van der Waals surface area (Å²) in [5.74, 6) is 0. The van der Waals surface area contributed by atoms with E-state index in [0.29, 0.717) is 0 Å². The molecular formula is C41H91ClN2O4S. The molecule has 0 fully saturated rings. The van der Waals surface area contributed by atoms with Gasteiger partial charge in [-0.3, -0.25) is 4.55 Å². The topological polar surface area (TPSA) is 77.4 Å². The molecule has 0 rings (SSSR count). The summed E-state index contributed by atoms with van der Waals surface area (Å²) >= 11 is 0. The molecule has 0 aromatic carbocycles. The van der Waals surface area contributed by atoms with Gasteiger partial charge in [-0.15, -0.1) is 0 Å². The molecule has 6 nitrogen and oxygen atoms in total. The number of hydrogen-bond donors (Lipinski definition) is 1. The van der Waals surface area contributed by atoms with Crippen LogP contribution in [0.15, 0.2) is 0 Å². The second-order valence-electron chi connectivity index (χ2n) is 15.2. The monoisotopic (exact) mass is 743 g/mol. The average molecular weight is 744 g/mol. The Morgan fingerprint density at radius 3 is 0.776 bits per heavy atom. The molecule has 0 aliphatic carbocycles.